The van der Waals surface area contributed by atoms with E-state index in [1.807, 2.05) is 0 Å². The fourth-order valence-electron chi connectivity index (χ4n) is 2.40. The smallest absolute Gasteiger partial charge is 0.232 e. The molecular formula is C19H16N2O5. The highest BCUT2D eigenvalue weighted by atomic mass is 16.5. The number of carbonyl (C=O) groups is 2. The number of nitrogens with two attached hydrogens (primary N) is 1. The number of Topliss-reactive ketones (excluding diaryl/α,β-unsaturated/α-hetero) is 1. The predicted molar refractivity (Wildman–Crippen MR) is 97.5 cm³/mol. The van der Waals surface area contributed by atoms with Crippen LogP contribution < -0.4 is 21.2 Å². The molecule has 2 aromatic carbocycles. The van der Waals surface area contributed by atoms with Crippen LogP contribution in [0.3, 0.4) is 0 Å². The van der Waals surface area contributed by atoms with Crippen LogP contribution in [0.2, 0.25) is 0 Å². The number of amides is 1. The summed E-state index contributed by atoms with van der Waals surface area (Å²) in [6, 6.07) is 12.3. The van der Waals surface area contributed by atoms with E-state index >= 15 is 0 Å². The van der Waals surface area contributed by atoms with Crippen LogP contribution in [0.4, 0.5) is 11.4 Å². The number of nitrogens with one attached hydrogen (secondary N) is 1. The maximum atomic E-state index is 12.3. The van der Waals surface area contributed by atoms with Crippen LogP contribution >= 0.6 is 0 Å². The number of fused-ring (bicyclic) bond motifs is 1. The highest BCUT2D eigenvalue weighted by Crippen LogP contribution is 2.20. The molecule has 7 heteroatoms. The van der Waals surface area contributed by atoms with E-state index in [2.05, 4.69) is 5.32 Å². The van der Waals surface area contributed by atoms with Crippen molar-refractivity contribution >= 4 is 34.0 Å². The van der Waals surface area contributed by atoms with Gasteiger partial charge in [-0.1, -0.05) is 0 Å². The third-order valence-corrected chi connectivity index (χ3v) is 3.73. The molecule has 0 atom stereocenters. The minimum absolute atomic E-state index is 0.178. The standard InChI is InChI=1S/C19H16N2O5/c1-25-13-6-7-14-15(22)9-18(26-17(14)8-13)16(23)10-19(24)21-12-4-2-11(20)3-5-12/h2-9H,10,20H2,1H3,(H,21,24). The third-order valence-electron chi connectivity index (χ3n) is 3.73. The first-order valence-corrected chi connectivity index (χ1v) is 7.77. The Balaban J connectivity index is 1.79. The van der Waals surface area contributed by atoms with Crippen LogP contribution in [-0.4, -0.2) is 18.8 Å². The number of methoxy groups -OCH3 is 1. The van der Waals surface area contributed by atoms with Gasteiger partial charge in [0.2, 0.25) is 11.7 Å². The molecule has 7 nitrogen and oxygen atoms in total. The fourth-order valence-corrected chi connectivity index (χ4v) is 2.40. The van der Waals surface area contributed by atoms with Crippen LogP contribution in [0, 0.1) is 0 Å². The number of nitrogen functional groups attached to an aromatic ring is 1. The first kappa shape index (κ1) is 17.2. The van der Waals surface area contributed by atoms with Crippen LogP contribution in [0.25, 0.3) is 11.0 Å². The number of anilines is 2. The first-order chi connectivity index (χ1) is 12.5. The van der Waals surface area contributed by atoms with E-state index in [4.69, 9.17) is 14.9 Å². The van der Waals surface area contributed by atoms with Crippen molar-refractivity contribution in [3.05, 3.63) is 64.5 Å². The van der Waals surface area contributed by atoms with Gasteiger partial charge in [-0.3, -0.25) is 14.4 Å². The van der Waals surface area contributed by atoms with Gasteiger partial charge in [0.25, 0.3) is 0 Å². The number of carbonyl (C=O) groups excluding carboxylic acids is 2. The highest BCUT2D eigenvalue weighted by molar-refractivity contribution is 6.10. The number of hydrogen-bond acceptors (Lipinski definition) is 6. The van der Waals surface area contributed by atoms with Crippen LogP contribution in [0.1, 0.15) is 17.0 Å². The van der Waals surface area contributed by atoms with Crippen molar-refractivity contribution in [3.63, 3.8) is 0 Å². The van der Waals surface area contributed by atoms with Crippen molar-refractivity contribution in [1.82, 2.24) is 0 Å². The Hall–Kier alpha value is -3.61. The van der Waals surface area contributed by atoms with Gasteiger partial charge in [0.15, 0.2) is 11.2 Å². The Labute approximate surface area is 148 Å². The molecule has 0 unspecified atom stereocenters. The summed E-state index contributed by atoms with van der Waals surface area (Å²) in [7, 11) is 1.48. The summed E-state index contributed by atoms with van der Waals surface area (Å²) in [6.45, 7) is 0. The highest BCUT2D eigenvalue weighted by Gasteiger charge is 2.17. The Morgan fingerprint density at radius 3 is 2.54 bits per heavy atom. The van der Waals surface area contributed by atoms with Gasteiger partial charge in [0.05, 0.1) is 18.9 Å². The molecule has 3 rings (SSSR count). The Morgan fingerprint density at radius 1 is 1.12 bits per heavy atom. The molecule has 0 bridgehead atoms. The van der Waals surface area contributed by atoms with Crippen LogP contribution in [0.5, 0.6) is 5.75 Å². The van der Waals surface area contributed by atoms with Crippen molar-refractivity contribution < 1.29 is 18.7 Å². The molecule has 0 aliphatic carbocycles. The van der Waals surface area contributed by atoms with Crippen LogP contribution in [-0.2, 0) is 4.79 Å². The summed E-state index contributed by atoms with van der Waals surface area (Å²) in [5.74, 6) is -0.803. The lowest BCUT2D eigenvalue weighted by Gasteiger charge is -2.06. The zero-order valence-corrected chi connectivity index (χ0v) is 13.9. The predicted octanol–water partition coefficient (Wildman–Crippen LogP) is 2.60. The maximum absolute atomic E-state index is 12.3. The molecule has 0 spiro atoms. The number of hydrogen-bond donors (Lipinski definition) is 2. The normalized spacial score (nSPS) is 10.5. The second-order valence-corrected chi connectivity index (χ2v) is 5.61. The van der Waals surface area contributed by atoms with Crippen molar-refractivity contribution in [2.24, 2.45) is 0 Å². The largest absolute Gasteiger partial charge is 0.497 e. The summed E-state index contributed by atoms with van der Waals surface area (Å²) >= 11 is 0. The molecule has 132 valence electrons. The van der Waals surface area contributed by atoms with E-state index in [9.17, 15) is 14.4 Å². The SMILES string of the molecule is COc1ccc2c(=O)cc(C(=O)CC(=O)Nc3ccc(N)cc3)oc2c1. The van der Waals surface area contributed by atoms with E-state index in [0.29, 0.717) is 22.5 Å². The molecule has 0 radical (unpaired) electrons. The average molecular weight is 352 g/mol. The lowest BCUT2D eigenvalue weighted by Crippen LogP contribution is -2.17. The second kappa shape index (κ2) is 7.10. The minimum Gasteiger partial charge on any atom is -0.497 e. The van der Waals surface area contributed by atoms with Gasteiger partial charge in [0.1, 0.15) is 11.3 Å². The number of benzene rings is 2. The molecule has 1 amide bonds. The summed E-state index contributed by atoms with van der Waals surface area (Å²) in [5, 5.41) is 2.91. The molecule has 3 N–H and O–H groups in total. The lowest BCUT2D eigenvalue weighted by molar-refractivity contribution is -0.115. The monoisotopic (exact) mass is 352 g/mol. The molecule has 1 heterocycles. The van der Waals surface area contributed by atoms with Crippen molar-refractivity contribution in [2.75, 3.05) is 18.2 Å². The molecule has 0 aliphatic rings. The van der Waals surface area contributed by atoms with E-state index in [0.717, 1.165) is 6.07 Å². The van der Waals surface area contributed by atoms with Crippen molar-refractivity contribution in [3.8, 4) is 5.75 Å². The lowest BCUT2D eigenvalue weighted by atomic mass is 10.1. The zero-order chi connectivity index (χ0) is 18.7. The van der Waals surface area contributed by atoms with E-state index in [-0.39, 0.29) is 16.8 Å². The molecule has 26 heavy (non-hydrogen) atoms. The average Bonchev–Trinajstić information content (AvgIpc) is 2.63. The molecule has 0 fully saturated rings. The molecular weight excluding hydrogens is 336 g/mol. The van der Waals surface area contributed by atoms with E-state index < -0.39 is 18.1 Å². The van der Waals surface area contributed by atoms with Gasteiger partial charge in [-0.05, 0) is 36.4 Å². The Kier molecular flexibility index (Phi) is 4.70. The first-order valence-electron chi connectivity index (χ1n) is 7.77. The minimum atomic E-state index is -0.597. The van der Waals surface area contributed by atoms with Gasteiger partial charge >= 0.3 is 0 Å². The van der Waals surface area contributed by atoms with Gasteiger partial charge in [-0.2, -0.15) is 0 Å². The van der Waals surface area contributed by atoms with E-state index in [1.54, 1.807) is 36.4 Å². The summed E-state index contributed by atoms with van der Waals surface area (Å²) in [6.07, 6.45) is -0.456. The summed E-state index contributed by atoms with van der Waals surface area (Å²) in [5.41, 5.74) is 6.51. The molecule has 1 aromatic heterocycles. The van der Waals surface area contributed by atoms with Crippen molar-refractivity contribution in [2.45, 2.75) is 6.42 Å². The Bertz CT molecular complexity index is 1040. The molecule has 3 aromatic rings. The van der Waals surface area contributed by atoms with Crippen LogP contribution in [0.15, 0.2) is 57.7 Å². The topological polar surface area (TPSA) is 112 Å². The number of ketones is 1. The van der Waals surface area contributed by atoms with Crippen molar-refractivity contribution in [1.29, 1.82) is 0 Å². The van der Waals surface area contributed by atoms with E-state index in [1.165, 1.54) is 13.2 Å². The molecule has 0 aliphatic heterocycles. The maximum Gasteiger partial charge on any atom is 0.232 e. The Morgan fingerprint density at radius 2 is 1.85 bits per heavy atom. The quantitative estimate of drug-likeness (QED) is 0.415. The van der Waals surface area contributed by atoms with Gasteiger partial charge < -0.3 is 20.2 Å². The summed E-state index contributed by atoms with van der Waals surface area (Å²) in [4.78, 5) is 36.5. The summed E-state index contributed by atoms with van der Waals surface area (Å²) < 4.78 is 10.6. The zero-order valence-electron chi connectivity index (χ0n) is 13.9. The third kappa shape index (κ3) is 3.72. The molecule has 0 saturated heterocycles. The van der Waals surface area contributed by atoms with Gasteiger partial charge in [0, 0.05) is 23.5 Å². The fraction of sp³-hybridized carbons (Fsp3) is 0.105. The number of rotatable bonds is 5. The second-order valence-electron chi connectivity index (χ2n) is 5.61. The number of ether oxygens (including phenoxy) is 1. The van der Waals surface area contributed by atoms with Gasteiger partial charge in [-0.15, -0.1) is 0 Å². The van der Waals surface area contributed by atoms with Gasteiger partial charge in [-0.25, -0.2) is 0 Å². The molecule has 0 saturated carbocycles.